The first kappa shape index (κ1) is 22.2. The first-order valence-corrected chi connectivity index (χ1v) is 11.8. The van der Waals surface area contributed by atoms with Crippen molar-refractivity contribution in [2.24, 2.45) is 9.98 Å². The van der Waals surface area contributed by atoms with Gasteiger partial charge in [0.05, 0.1) is 30.2 Å². The first-order chi connectivity index (χ1) is 17.8. The fourth-order valence-electron chi connectivity index (χ4n) is 4.43. The third kappa shape index (κ3) is 4.39. The molecule has 2 unspecified atom stereocenters. The molecule has 0 aliphatic carbocycles. The van der Waals surface area contributed by atoms with Gasteiger partial charge in [0, 0.05) is 30.4 Å². The number of ether oxygens (including phenoxy) is 2. The van der Waals surface area contributed by atoms with Crippen LogP contribution in [0.4, 0.5) is 11.5 Å². The number of para-hydroxylation sites is 1. The first-order valence-electron chi connectivity index (χ1n) is 11.8. The van der Waals surface area contributed by atoms with E-state index in [2.05, 4.69) is 31.0 Å². The summed E-state index contributed by atoms with van der Waals surface area (Å²) in [7, 11) is 0. The van der Waals surface area contributed by atoms with Crippen molar-refractivity contribution in [3.63, 3.8) is 0 Å². The van der Waals surface area contributed by atoms with Crippen LogP contribution in [0.5, 0.6) is 0 Å². The van der Waals surface area contributed by atoms with Gasteiger partial charge in [-0.25, -0.2) is 9.98 Å². The second kappa shape index (κ2) is 9.76. The van der Waals surface area contributed by atoms with Gasteiger partial charge in [-0.3, -0.25) is 10.2 Å². The van der Waals surface area contributed by atoms with E-state index in [0.29, 0.717) is 24.6 Å². The summed E-state index contributed by atoms with van der Waals surface area (Å²) in [4.78, 5) is 29.1. The number of anilines is 2. The number of morpholine rings is 1. The molecule has 2 fully saturated rings. The lowest BCUT2D eigenvalue weighted by molar-refractivity contribution is -0.117. The van der Waals surface area contributed by atoms with E-state index in [1.807, 2.05) is 66.7 Å². The number of fused-ring (bicyclic) bond motifs is 1. The van der Waals surface area contributed by atoms with Crippen LogP contribution < -0.4 is 21.1 Å². The van der Waals surface area contributed by atoms with E-state index in [0.717, 1.165) is 35.6 Å². The molecule has 10 heteroatoms. The molecular formula is C26H25N7O3. The summed E-state index contributed by atoms with van der Waals surface area (Å²) in [5.74, 6) is 0.485. The average Bonchev–Trinajstić information content (AvgIpc) is 3.35. The van der Waals surface area contributed by atoms with Crippen molar-refractivity contribution in [1.29, 1.82) is 0 Å². The smallest absolute Gasteiger partial charge is 0.304 e. The number of nitrogens with zero attached hydrogens (tertiary/aromatic N) is 4. The highest BCUT2D eigenvalue weighted by atomic mass is 16.5. The quantitative estimate of drug-likeness (QED) is 0.522. The van der Waals surface area contributed by atoms with Gasteiger partial charge in [0.1, 0.15) is 5.82 Å². The normalized spacial score (nSPS) is 22.7. The SMILES string of the molecule is O=C1Nc2ccccc2C(c2ccccc2)=NC1/N=C1\NNC(c2cccnc2N2CCOCC2)O1. The number of benzodiazepines with no additional fused rings is 1. The van der Waals surface area contributed by atoms with Crippen LogP contribution in [0.2, 0.25) is 0 Å². The van der Waals surface area contributed by atoms with Crippen molar-refractivity contribution in [1.82, 2.24) is 15.8 Å². The molecule has 3 aliphatic heterocycles. The molecule has 6 rings (SSSR count). The van der Waals surface area contributed by atoms with Gasteiger partial charge >= 0.3 is 6.02 Å². The Bertz CT molecular complexity index is 1320. The van der Waals surface area contributed by atoms with Crippen LogP contribution >= 0.6 is 0 Å². The van der Waals surface area contributed by atoms with E-state index < -0.39 is 12.4 Å². The Morgan fingerprint density at radius 1 is 0.972 bits per heavy atom. The Kier molecular flexibility index (Phi) is 6.02. The molecule has 36 heavy (non-hydrogen) atoms. The zero-order chi connectivity index (χ0) is 24.3. The summed E-state index contributed by atoms with van der Waals surface area (Å²) < 4.78 is 11.5. The number of amides is 1. The molecule has 2 aromatic carbocycles. The van der Waals surface area contributed by atoms with Crippen LogP contribution in [-0.2, 0) is 14.3 Å². The number of carbonyl (C=O) groups excluding carboxylic acids is 1. The fourth-order valence-corrected chi connectivity index (χ4v) is 4.43. The second-order valence-electron chi connectivity index (χ2n) is 8.47. The summed E-state index contributed by atoms with van der Waals surface area (Å²) in [6.07, 6.45) is 0.195. The van der Waals surface area contributed by atoms with E-state index >= 15 is 0 Å². The molecule has 1 amide bonds. The number of carbonyl (C=O) groups is 1. The number of amidine groups is 1. The largest absolute Gasteiger partial charge is 0.439 e. The molecule has 4 heterocycles. The van der Waals surface area contributed by atoms with Gasteiger partial charge in [-0.2, -0.15) is 10.4 Å². The molecule has 0 saturated carbocycles. The van der Waals surface area contributed by atoms with E-state index in [1.54, 1.807) is 6.20 Å². The van der Waals surface area contributed by atoms with Crippen molar-refractivity contribution in [2.75, 3.05) is 36.5 Å². The number of benzene rings is 2. The highest BCUT2D eigenvalue weighted by Gasteiger charge is 2.31. The lowest BCUT2D eigenvalue weighted by Crippen LogP contribution is -2.38. The maximum atomic E-state index is 13.1. The van der Waals surface area contributed by atoms with Crippen LogP contribution in [-0.4, -0.2) is 55.1 Å². The lowest BCUT2D eigenvalue weighted by Gasteiger charge is -2.30. The van der Waals surface area contributed by atoms with Gasteiger partial charge in [-0.1, -0.05) is 48.5 Å². The molecule has 3 N–H and O–H groups in total. The van der Waals surface area contributed by atoms with Crippen LogP contribution in [0.15, 0.2) is 82.9 Å². The topological polar surface area (TPSA) is 112 Å². The highest BCUT2D eigenvalue weighted by Crippen LogP contribution is 2.28. The van der Waals surface area contributed by atoms with Crippen LogP contribution in [0.25, 0.3) is 0 Å². The third-order valence-electron chi connectivity index (χ3n) is 6.16. The number of rotatable bonds is 4. The Morgan fingerprint density at radius 3 is 2.64 bits per heavy atom. The number of pyridine rings is 1. The molecule has 0 spiro atoms. The lowest BCUT2D eigenvalue weighted by atomic mass is 10.0. The molecule has 182 valence electrons. The Morgan fingerprint density at radius 2 is 1.78 bits per heavy atom. The number of hydrogen-bond acceptors (Lipinski definition) is 8. The predicted molar refractivity (Wildman–Crippen MR) is 136 cm³/mol. The number of aromatic nitrogens is 1. The standard InChI is InChI=1S/C26H25N7O3/c34-24-22(29-21(17-7-2-1-3-8-17)18-9-4-5-11-20(18)28-24)30-26-32-31-25(36-26)19-10-6-12-27-23(19)33-13-15-35-16-14-33/h1-12,22,25,31H,13-16H2,(H,28,34)(H,30,32). The zero-order valence-electron chi connectivity index (χ0n) is 19.4. The summed E-state index contributed by atoms with van der Waals surface area (Å²) in [5.41, 5.74) is 10.0. The van der Waals surface area contributed by atoms with E-state index in [4.69, 9.17) is 14.5 Å². The third-order valence-corrected chi connectivity index (χ3v) is 6.16. The molecule has 0 radical (unpaired) electrons. The van der Waals surface area contributed by atoms with Crippen molar-refractivity contribution >= 4 is 29.1 Å². The Labute approximate surface area is 208 Å². The van der Waals surface area contributed by atoms with Crippen LogP contribution in [0, 0.1) is 0 Å². The molecule has 2 saturated heterocycles. The van der Waals surface area contributed by atoms with Gasteiger partial charge in [-0.05, 0) is 18.2 Å². The highest BCUT2D eigenvalue weighted by molar-refractivity contribution is 6.19. The van der Waals surface area contributed by atoms with E-state index in [-0.39, 0.29) is 11.9 Å². The number of hydrazine groups is 1. The van der Waals surface area contributed by atoms with Crippen molar-refractivity contribution < 1.29 is 14.3 Å². The number of aliphatic imine (C=N–C) groups is 2. The maximum Gasteiger partial charge on any atom is 0.304 e. The summed E-state index contributed by atoms with van der Waals surface area (Å²) >= 11 is 0. The minimum absolute atomic E-state index is 0.180. The van der Waals surface area contributed by atoms with Crippen molar-refractivity contribution in [2.45, 2.75) is 12.4 Å². The predicted octanol–water partition coefficient (Wildman–Crippen LogP) is 2.21. The number of hydrogen-bond donors (Lipinski definition) is 3. The van der Waals surface area contributed by atoms with Crippen LogP contribution in [0.3, 0.4) is 0 Å². The molecule has 3 aromatic rings. The minimum atomic E-state index is -1.04. The van der Waals surface area contributed by atoms with Crippen LogP contribution in [0.1, 0.15) is 22.9 Å². The summed E-state index contributed by atoms with van der Waals surface area (Å²) in [5, 5.41) is 2.95. The molecule has 1 aromatic heterocycles. The molecule has 2 atom stereocenters. The van der Waals surface area contributed by atoms with Gasteiger partial charge in [-0.15, -0.1) is 0 Å². The molecular weight excluding hydrogens is 458 g/mol. The molecule has 3 aliphatic rings. The fraction of sp³-hybridized carbons (Fsp3) is 0.231. The summed E-state index contributed by atoms with van der Waals surface area (Å²) in [6.45, 7) is 2.82. The Hall–Kier alpha value is -4.28. The number of nitrogens with one attached hydrogen (secondary N) is 3. The van der Waals surface area contributed by atoms with Gasteiger partial charge < -0.3 is 19.7 Å². The monoisotopic (exact) mass is 483 g/mol. The zero-order valence-corrected chi connectivity index (χ0v) is 19.4. The van der Waals surface area contributed by atoms with Crippen molar-refractivity contribution in [3.05, 3.63) is 89.6 Å². The van der Waals surface area contributed by atoms with Gasteiger partial charge in [0.2, 0.25) is 6.17 Å². The van der Waals surface area contributed by atoms with Crippen molar-refractivity contribution in [3.8, 4) is 0 Å². The molecule has 0 bridgehead atoms. The maximum absolute atomic E-state index is 13.1. The van der Waals surface area contributed by atoms with E-state index in [1.165, 1.54) is 0 Å². The van der Waals surface area contributed by atoms with E-state index in [9.17, 15) is 4.79 Å². The average molecular weight is 484 g/mol. The second-order valence-corrected chi connectivity index (χ2v) is 8.47. The summed E-state index contributed by atoms with van der Waals surface area (Å²) in [6, 6.07) is 21.4. The van der Waals surface area contributed by atoms with Gasteiger partial charge in [0.25, 0.3) is 5.91 Å². The minimum Gasteiger partial charge on any atom is -0.439 e. The Balaban J connectivity index is 1.29. The molecule has 10 nitrogen and oxygen atoms in total. The van der Waals surface area contributed by atoms with Gasteiger partial charge in [0.15, 0.2) is 6.23 Å².